The Morgan fingerprint density at radius 1 is 1.35 bits per heavy atom. The lowest BCUT2D eigenvalue weighted by molar-refractivity contribution is -0.111. The van der Waals surface area contributed by atoms with Gasteiger partial charge in [-0.1, -0.05) is 29.3 Å². The van der Waals surface area contributed by atoms with Crippen molar-refractivity contribution in [1.29, 1.82) is 0 Å². The Hall–Kier alpha value is -1.78. The number of amides is 1. The SMILES string of the molecule is Cc1n[nH]c(C)c1NC(=O)/C=C/c1ccc(Cl)cc1Cl. The summed E-state index contributed by atoms with van der Waals surface area (Å²) < 4.78 is 0. The fraction of sp³-hybridized carbons (Fsp3) is 0.143. The van der Waals surface area contributed by atoms with Crippen LogP contribution in [0.15, 0.2) is 24.3 Å². The zero-order valence-corrected chi connectivity index (χ0v) is 12.5. The van der Waals surface area contributed by atoms with Gasteiger partial charge in [-0.25, -0.2) is 0 Å². The highest BCUT2D eigenvalue weighted by molar-refractivity contribution is 6.35. The van der Waals surface area contributed by atoms with Crippen LogP contribution in [0.5, 0.6) is 0 Å². The molecule has 1 aromatic heterocycles. The van der Waals surface area contributed by atoms with Crippen LogP contribution in [0.1, 0.15) is 17.0 Å². The van der Waals surface area contributed by atoms with Gasteiger partial charge in [-0.2, -0.15) is 5.10 Å². The smallest absolute Gasteiger partial charge is 0.248 e. The number of nitrogens with zero attached hydrogens (tertiary/aromatic N) is 1. The maximum atomic E-state index is 11.9. The van der Waals surface area contributed by atoms with Crippen LogP contribution in [0, 0.1) is 13.8 Å². The van der Waals surface area contributed by atoms with Crippen molar-refractivity contribution in [3.05, 3.63) is 51.3 Å². The summed E-state index contributed by atoms with van der Waals surface area (Å²) in [6, 6.07) is 5.10. The first-order chi connectivity index (χ1) is 9.47. The lowest BCUT2D eigenvalue weighted by Gasteiger charge is -2.02. The van der Waals surface area contributed by atoms with Gasteiger partial charge in [0.05, 0.1) is 17.1 Å². The Bertz CT molecular complexity index is 658. The zero-order chi connectivity index (χ0) is 14.7. The lowest BCUT2D eigenvalue weighted by Crippen LogP contribution is -2.09. The molecule has 0 spiro atoms. The number of halogens is 2. The molecular formula is C14H13Cl2N3O. The topological polar surface area (TPSA) is 57.8 Å². The van der Waals surface area contributed by atoms with Crippen LogP contribution in [0.4, 0.5) is 5.69 Å². The van der Waals surface area contributed by atoms with Gasteiger partial charge < -0.3 is 5.32 Å². The van der Waals surface area contributed by atoms with E-state index in [1.807, 2.05) is 13.8 Å². The Labute approximate surface area is 126 Å². The van der Waals surface area contributed by atoms with Gasteiger partial charge >= 0.3 is 0 Å². The molecule has 2 N–H and O–H groups in total. The minimum Gasteiger partial charge on any atom is -0.319 e. The van der Waals surface area contributed by atoms with E-state index in [-0.39, 0.29) is 5.91 Å². The van der Waals surface area contributed by atoms with E-state index in [2.05, 4.69) is 15.5 Å². The van der Waals surface area contributed by atoms with E-state index in [0.29, 0.717) is 15.7 Å². The predicted molar refractivity (Wildman–Crippen MR) is 82.2 cm³/mol. The van der Waals surface area contributed by atoms with E-state index in [1.165, 1.54) is 6.08 Å². The second kappa shape index (κ2) is 6.11. The molecule has 104 valence electrons. The van der Waals surface area contributed by atoms with Crippen molar-refractivity contribution < 1.29 is 4.79 Å². The van der Waals surface area contributed by atoms with Crippen LogP contribution in [-0.4, -0.2) is 16.1 Å². The Balaban J connectivity index is 2.10. The van der Waals surface area contributed by atoms with Gasteiger partial charge in [-0.15, -0.1) is 0 Å². The van der Waals surface area contributed by atoms with E-state index in [0.717, 1.165) is 17.0 Å². The average Bonchev–Trinajstić information content (AvgIpc) is 2.69. The fourth-order valence-electron chi connectivity index (χ4n) is 1.70. The normalized spacial score (nSPS) is 11.0. The highest BCUT2D eigenvalue weighted by atomic mass is 35.5. The molecule has 0 radical (unpaired) electrons. The third kappa shape index (κ3) is 3.40. The second-order valence-corrected chi connectivity index (χ2v) is 5.14. The molecule has 0 aliphatic carbocycles. The van der Waals surface area contributed by atoms with Crippen LogP contribution in [-0.2, 0) is 4.79 Å². The lowest BCUT2D eigenvalue weighted by atomic mass is 10.2. The summed E-state index contributed by atoms with van der Waals surface area (Å²) in [6.45, 7) is 3.66. The number of benzene rings is 1. The van der Waals surface area contributed by atoms with E-state index in [1.54, 1.807) is 24.3 Å². The number of rotatable bonds is 3. The molecule has 2 aromatic rings. The quantitative estimate of drug-likeness (QED) is 0.842. The number of carbonyl (C=O) groups excluding carboxylic acids is 1. The molecule has 6 heteroatoms. The third-order valence-electron chi connectivity index (χ3n) is 2.75. The molecule has 20 heavy (non-hydrogen) atoms. The number of carbonyl (C=O) groups is 1. The zero-order valence-electron chi connectivity index (χ0n) is 11.0. The van der Waals surface area contributed by atoms with E-state index < -0.39 is 0 Å². The summed E-state index contributed by atoms with van der Waals surface area (Å²) in [5.41, 5.74) is 2.98. The van der Waals surface area contributed by atoms with Gasteiger partial charge in [0.15, 0.2) is 0 Å². The van der Waals surface area contributed by atoms with Crippen molar-refractivity contribution in [2.75, 3.05) is 5.32 Å². The van der Waals surface area contributed by atoms with Gasteiger partial charge in [0.2, 0.25) is 5.91 Å². The largest absolute Gasteiger partial charge is 0.319 e. The highest BCUT2D eigenvalue weighted by Crippen LogP contribution is 2.22. The van der Waals surface area contributed by atoms with Crippen LogP contribution >= 0.6 is 23.2 Å². The van der Waals surface area contributed by atoms with Crippen LogP contribution in [0.3, 0.4) is 0 Å². The van der Waals surface area contributed by atoms with Gasteiger partial charge in [-0.3, -0.25) is 9.89 Å². The summed E-state index contributed by atoms with van der Waals surface area (Å²) in [4.78, 5) is 11.9. The maximum absolute atomic E-state index is 11.9. The summed E-state index contributed by atoms with van der Waals surface area (Å²) in [5.74, 6) is -0.247. The third-order valence-corrected chi connectivity index (χ3v) is 3.32. The number of aromatic nitrogens is 2. The van der Waals surface area contributed by atoms with Crippen molar-refractivity contribution in [3.8, 4) is 0 Å². The van der Waals surface area contributed by atoms with Gasteiger partial charge in [0, 0.05) is 16.1 Å². The summed E-state index contributed by atoms with van der Waals surface area (Å²) in [7, 11) is 0. The van der Waals surface area contributed by atoms with Crippen molar-refractivity contribution >= 4 is 40.9 Å². The number of anilines is 1. The molecule has 0 saturated carbocycles. The van der Waals surface area contributed by atoms with Crippen molar-refractivity contribution in [1.82, 2.24) is 10.2 Å². The molecule has 0 unspecified atom stereocenters. The standard InChI is InChI=1S/C14H13Cl2N3O/c1-8-14(9(2)19-18-8)17-13(20)6-4-10-3-5-11(15)7-12(10)16/h3-7H,1-2H3,(H,17,20)(H,18,19)/b6-4+. The maximum Gasteiger partial charge on any atom is 0.248 e. The molecule has 1 aromatic carbocycles. The fourth-order valence-corrected chi connectivity index (χ4v) is 2.17. The molecule has 4 nitrogen and oxygen atoms in total. The molecule has 0 aliphatic heterocycles. The second-order valence-electron chi connectivity index (χ2n) is 4.30. The first-order valence-corrected chi connectivity index (χ1v) is 6.68. The number of nitrogens with one attached hydrogen (secondary N) is 2. The summed E-state index contributed by atoms with van der Waals surface area (Å²) in [6.07, 6.45) is 3.06. The van der Waals surface area contributed by atoms with Crippen LogP contribution in [0.2, 0.25) is 10.0 Å². The molecule has 1 amide bonds. The molecule has 2 rings (SSSR count). The van der Waals surface area contributed by atoms with Crippen molar-refractivity contribution in [3.63, 3.8) is 0 Å². The molecular weight excluding hydrogens is 297 g/mol. The summed E-state index contributed by atoms with van der Waals surface area (Å²) >= 11 is 11.8. The van der Waals surface area contributed by atoms with Crippen molar-refractivity contribution in [2.45, 2.75) is 13.8 Å². The molecule has 1 heterocycles. The molecule has 0 fully saturated rings. The number of aromatic amines is 1. The van der Waals surface area contributed by atoms with Crippen LogP contribution in [0.25, 0.3) is 6.08 Å². The van der Waals surface area contributed by atoms with E-state index in [4.69, 9.17) is 23.2 Å². The van der Waals surface area contributed by atoms with E-state index in [9.17, 15) is 4.79 Å². The molecule has 0 bridgehead atoms. The minimum absolute atomic E-state index is 0.247. The molecule has 0 atom stereocenters. The number of aryl methyl sites for hydroxylation is 2. The highest BCUT2D eigenvalue weighted by Gasteiger charge is 2.08. The van der Waals surface area contributed by atoms with Crippen molar-refractivity contribution in [2.24, 2.45) is 0 Å². The predicted octanol–water partition coefficient (Wildman–Crippen LogP) is 3.99. The number of hydrogen-bond acceptors (Lipinski definition) is 2. The first kappa shape index (κ1) is 14.6. The van der Waals surface area contributed by atoms with Crippen LogP contribution < -0.4 is 5.32 Å². The number of H-pyrrole nitrogens is 1. The minimum atomic E-state index is -0.247. The first-order valence-electron chi connectivity index (χ1n) is 5.93. The van der Waals surface area contributed by atoms with Gasteiger partial charge in [0.25, 0.3) is 0 Å². The van der Waals surface area contributed by atoms with Gasteiger partial charge in [0.1, 0.15) is 0 Å². The van der Waals surface area contributed by atoms with Gasteiger partial charge in [-0.05, 0) is 37.6 Å². The average molecular weight is 310 g/mol. The Kier molecular flexibility index (Phi) is 4.47. The number of hydrogen-bond donors (Lipinski definition) is 2. The molecule has 0 saturated heterocycles. The molecule has 0 aliphatic rings. The summed E-state index contributed by atoms with van der Waals surface area (Å²) in [5, 5.41) is 10.6. The monoisotopic (exact) mass is 309 g/mol. The van der Waals surface area contributed by atoms with E-state index >= 15 is 0 Å². The Morgan fingerprint density at radius 3 is 2.70 bits per heavy atom. The Morgan fingerprint density at radius 2 is 2.10 bits per heavy atom.